The predicted octanol–water partition coefficient (Wildman–Crippen LogP) is 2.01. The molecule has 4 heteroatoms. The van der Waals surface area contributed by atoms with Gasteiger partial charge in [-0.2, -0.15) is 0 Å². The molecule has 1 aromatic carbocycles. The molecule has 0 bridgehead atoms. The first kappa shape index (κ1) is 15.1. The lowest BCUT2D eigenvalue weighted by atomic mass is 9.73. The van der Waals surface area contributed by atoms with Gasteiger partial charge in [0.25, 0.3) is 0 Å². The first-order valence-electron chi connectivity index (χ1n) is 7.62. The van der Waals surface area contributed by atoms with Crippen LogP contribution in [-0.4, -0.2) is 27.9 Å². The maximum Gasteiger partial charge on any atom is 0.234 e. The van der Waals surface area contributed by atoms with Crippen LogP contribution in [0.5, 0.6) is 0 Å². The zero-order valence-electron chi connectivity index (χ0n) is 13.0. The summed E-state index contributed by atoms with van der Waals surface area (Å²) in [5.41, 5.74) is 1.52. The number of aliphatic hydroxyl groups excluding tert-OH is 1. The molecule has 0 radical (unpaired) electrons. The van der Waals surface area contributed by atoms with Gasteiger partial charge >= 0.3 is 0 Å². The van der Waals surface area contributed by atoms with Gasteiger partial charge in [-0.05, 0) is 48.4 Å². The second-order valence-electron chi connectivity index (χ2n) is 6.67. The Hall–Kier alpha value is -1.78. The molecule has 3 rings (SSSR count). The second-order valence-corrected chi connectivity index (χ2v) is 6.67. The molecule has 0 amide bonds. The highest BCUT2D eigenvalue weighted by Crippen LogP contribution is 2.40. The summed E-state index contributed by atoms with van der Waals surface area (Å²) < 4.78 is 0. The van der Waals surface area contributed by atoms with E-state index in [0.29, 0.717) is 35.1 Å². The van der Waals surface area contributed by atoms with E-state index in [1.165, 1.54) is 0 Å². The Morgan fingerprint density at radius 3 is 2.55 bits per heavy atom. The minimum absolute atomic E-state index is 0.00874. The highest BCUT2D eigenvalue weighted by molar-refractivity contribution is 6.52. The average molecular weight is 300 g/mol. The first-order chi connectivity index (χ1) is 10.2. The standard InChI is InChI=1S/C18H20O4/c1-9(2)12-8-10-4-6-13-11(15(10)17(21)16(12)20)5-7-14(19)18(13,3)22/h4,6,8-9,14,19,22H,5,7H2,1-3H3/t14-,18+/m0/s1. The molecule has 0 spiro atoms. The Kier molecular flexibility index (Phi) is 3.34. The van der Waals surface area contributed by atoms with Crippen molar-refractivity contribution in [2.45, 2.75) is 45.3 Å². The lowest BCUT2D eigenvalue weighted by Crippen LogP contribution is -2.42. The van der Waals surface area contributed by atoms with Gasteiger partial charge < -0.3 is 10.2 Å². The molecule has 0 heterocycles. The maximum atomic E-state index is 12.6. The van der Waals surface area contributed by atoms with E-state index in [-0.39, 0.29) is 5.92 Å². The molecule has 116 valence electrons. The number of aliphatic hydroxyl groups is 2. The third-order valence-electron chi connectivity index (χ3n) is 4.84. The summed E-state index contributed by atoms with van der Waals surface area (Å²) in [6.07, 6.45) is 1.77. The number of fused-ring (bicyclic) bond motifs is 3. The van der Waals surface area contributed by atoms with Gasteiger partial charge in [0.05, 0.1) is 6.10 Å². The number of hydrogen-bond donors (Lipinski definition) is 2. The quantitative estimate of drug-likeness (QED) is 0.778. The molecular formula is C18H20O4. The van der Waals surface area contributed by atoms with E-state index < -0.39 is 23.3 Å². The van der Waals surface area contributed by atoms with Gasteiger partial charge in [-0.15, -0.1) is 0 Å². The molecule has 4 nitrogen and oxygen atoms in total. The van der Waals surface area contributed by atoms with Crippen LogP contribution in [0.15, 0.2) is 17.7 Å². The van der Waals surface area contributed by atoms with Gasteiger partial charge in [-0.3, -0.25) is 9.59 Å². The van der Waals surface area contributed by atoms with Crippen molar-refractivity contribution >= 4 is 17.6 Å². The van der Waals surface area contributed by atoms with Crippen LogP contribution in [0.1, 0.15) is 54.2 Å². The summed E-state index contributed by atoms with van der Waals surface area (Å²) in [5.74, 6) is -0.961. The molecular weight excluding hydrogens is 280 g/mol. The van der Waals surface area contributed by atoms with E-state index in [4.69, 9.17) is 0 Å². The second kappa shape index (κ2) is 4.86. The molecule has 2 atom stereocenters. The topological polar surface area (TPSA) is 74.6 Å². The fourth-order valence-corrected chi connectivity index (χ4v) is 3.44. The summed E-state index contributed by atoms with van der Waals surface area (Å²) >= 11 is 0. The van der Waals surface area contributed by atoms with Gasteiger partial charge in [0, 0.05) is 11.1 Å². The van der Waals surface area contributed by atoms with E-state index in [1.807, 2.05) is 13.8 Å². The van der Waals surface area contributed by atoms with Crippen LogP contribution in [0, 0.1) is 5.92 Å². The van der Waals surface area contributed by atoms with Gasteiger partial charge in [-0.25, -0.2) is 0 Å². The number of benzene rings is 1. The van der Waals surface area contributed by atoms with Crippen LogP contribution in [0.25, 0.3) is 6.08 Å². The number of carbonyl (C=O) groups is 2. The summed E-state index contributed by atoms with van der Waals surface area (Å²) in [4.78, 5) is 24.9. The van der Waals surface area contributed by atoms with Crippen molar-refractivity contribution in [1.29, 1.82) is 0 Å². The number of hydrogen-bond acceptors (Lipinski definition) is 4. The third kappa shape index (κ3) is 1.98. The van der Waals surface area contributed by atoms with Gasteiger partial charge in [0.2, 0.25) is 11.6 Å². The Labute approximate surface area is 129 Å². The van der Waals surface area contributed by atoms with E-state index in [9.17, 15) is 19.8 Å². The molecule has 1 aromatic rings. The molecule has 0 fully saturated rings. The van der Waals surface area contributed by atoms with Crippen LogP contribution >= 0.6 is 0 Å². The van der Waals surface area contributed by atoms with Crippen molar-refractivity contribution < 1.29 is 19.8 Å². The van der Waals surface area contributed by atoms with Crippen LogP contribution in [0.3, 0.4) is 0 Å². The van der Waals surface area contributed by atoms with Crippen LogP contribution in [0.4, 0.5) is 0 Å². The SMILES string of the molecule is CC(C)C1=Cc2ccc3c(c2C(=O)C1=O)CC[C@H](O)[C@]3(C)O. The largest absolute Gasteiger partial charge is 0.390 e. The lowest BCUT2D eigenvalue weighted by Gasteiger charge is -2.37. The molecule has 2 aliphatic rings. The molecule has 2 aliphatic carbocycles. The Balaban J connectivity index is 2.25. The predicted molar refractivity (Wildman–Crippen MR) is 82.5 cm³/mol. The van der Waals surface area contributed by atoms with Gasteiger partial charge in [-0.1, -0.05) is 26.0 Å². The highest BCUT2D eigenvalue weighted by atomic mass is 16.3. The van der Waals surface area contributed by atoms with Crippen molar-refractivity contribution in [2.24, 2.45) is 5.92 Å². The lowest BCUT2D eigenvalue weighted by molar-refractivity contribution is -0.112. The van der Waals surface area contributed by atoms with E-state index in [2.05, 4.69) is 0 Å². The van der Waals surface area contributed by atoms with Gasteiger partial charge in [0.1, 0.15) is 5.60 Å². The van der Waals surface area contributed by atoms with Crippen LogP contribution in [0.2, 0.25) is 0 Å². The first-order valence-corrected chi connectivity index (χ1v) is 7.62. The molecule has 0 aliphatic heterocycles. The number of Topliss-reactive ketones (excluding diaryl/α,β-unsaturated/α-hetero) is 2. The van der Waals surface area contributed by atoms with Crippen LogP contribution in [-0.2, 0) is 16.8 Å². The monoisotopic (exact) mass is 300 g/mol. The minimum Gasteiger partial charge on any atom is -0.390 e. The Morgan fingerprint density at radius 2 is 1.91 bits per heavy atom. The number of carbonyl (C=O) groups excluding carboxylic acids is 2. The van der Waals surface area contributed by atoms with E-state index in [1.54, 1.807) is 25.1 Å². The highest BCUT2D eigenvalue weighted by Gasteiger charge is 2.41. The average Bonchev–Trinajstić information content (AvgIpc) is 2.45. The van der Waals surface area contributed by atoms with Crippen molar-refractivity contribution in [2.75, 3.05) is 0 Å². The summed E-state index contributed by atoms with van der Waals surface area (Å²) in [5, 5.41) is 20.5. The number of allylic oxidation sites excluding steroid dienone is 1. The summed E-state index contributed by atoms with van der Waals surface area (Å²) in [6, 6.07) is 3.52. The smallest absolute Gasteiger partial charge is 0.234 e. The molecule has 0 aromatic heterocycles. The van der Waals surface area contributed by atoms with Crippen molar-refractivity contribution in [3.63, 3.8) is 0 Å². The molecule has 2 N–H and O–H groups in total. The summed E-state index contributed by atoms with van der Waals surface area (Å²) in [7, 11) is 0. The molecule has 22 heavy (non-hydrogen) atoms. The normalized spacial score (nSPS) is 27.5. The van der Waals surface area contributed by atoms with Crippen molar-refractivity contribution in [1.82, 2.24) is 0 Å². The molecule has 0 saturated heterocycles. The molecule has 0 saturated carbocycles. The maximum absolute atomic E-state index is 12.6. The fourth-order valence-electron chi connectivity index (χ4n) is 3.44. The Bertz CT molecular complexity index is 710. The van der Waals surface area contributed by atoms with Gasteiger partial charge in [0.15, 0.2) is 0 Å². The zero-order valence-corrected chi connectivity index (χ0v) is 13.0. The van der Waals surface area contributed by atoms with Crippen molar-refractivity contribution in [3.8, 4) is 0 Å². The third-order valence-corrected chi connectivity index (χ3v) is 4.84. The van der Waals surface area contributed by atoms with Crippen LogP contribution < -0.4 is 0 Å². The number of ketones is 2. The summed E-state index contributed by atoms with van der Waals surface area (Å²) in [6.45, 7) is 5.33. The van der Waals surface area contributed by atoms with Crippen molar-refractivity contribution in [3.05, 3.63) is 40.0 Å². The van der Waals surface area contributed by atoms with E-state index in [0.717, 1.165) is 5.56 Å². The molecule has 0 unspecified atom stereocenters. The van der Waals surface area contributed by atoms with E-state index >= 15 is 0 Å². The zero-order chi connectivity index (χ0) is 16.2. The minimum atomic E-state index is -1.39. The number of rotatable bonds is 1. The fraction of sp³-hybridized carbons (Fsp3) is 0.444. The Morgan fingerprint density at radius 1 is 1.23 bits per heavy atom.